The summed E-state index contributed by atoms with van der Waals surface area (Å²) < 4.78 is 65.5. The van der Waals surface area contributed by atoms with Crippen molar-refractivity contribution in [1.82, 2.24) is 19.9 Å². The van der Waals surface area contributed by atoms with Crippen molar-refractivity contribution in [2.75, 3.05) is 48.3 Å². The molecule has 2 aliphatic heterocycles. The topological polar surface area (TPSA) is 107 Å². The van der Waals surface area contributed by atoms with Gasteiger partial charge in [-0.3, -0.25) is 14.5 Å². The molecule has 10 nitrogen and oxygen atoms in total. The summed E-state index contributed by atoms with van der Waals surface area (Å²) in [7, 11) is 1.95. The predicted octanol–water partition coefficient (Wildman–Crippen LogP) is 4.44. The number of amides is 1. The fraction of sp³-hybridized carbons (Fsp3) is 0.467. The van der Waals surface area contributed by atoms with Gasteiger partial charge in [-0.2, -0.15) is 0 Å². The Morgan fingerprint density at radius 1 is 1.00 bits per heavy atom. The minimum absolute atomic E-state index is 0.00398. The van der Waals surface area contributed by atoms with Crippen LogP contribution < -0.4 is 20.7 Å². The Bertz CT molecular complexity index is 1560. The molecular weight excluding hydrogens is 582 g/mol. The molecule has 0 aliphatic carbocycles. The molecule has 236 valence electrons. The number of nitrogens with one attached hydrogen (secondary N) is 2. The summed E-state index contributed by atoms with van der Waals surface area (Å²) in [6.45, 7) is 9.65. The Morgan fingerprint density at radius 2 is 1.61 bits per heavy atom. The van der Waals surface area contributed by atoms with E-state index in [2.05, 4.69) is 25.2 Å². The Balaban J connectivity index is 1.57. The van der Waals surface area contributed by atoms with Gasteiger partial charge in [-0.05, 0) is 34.7 Å². The first-order valence-corrected chi connectivity index (χ1v) is 14.4. The Labute approximate surface area is 252 Å². The van der Waals surface area contributed by atoms with Gasteiger partial charge in [0, 0.05) is 80.1 Å². The number of aromatic amines is 1. The van der Waals surface area contributed by atoms with Crippen molar-refractivity contribution >= 4 is 23.2 Å². The zero-order valence-corrected chi connectivity index (χ0v) is 25.1. The average Bonchev–Trinajstić information content (AvgIpc) is 2.96. The molecule has 2 N–H and O–H groups in total. The molecule has 0 saturated carbocycles. The summed E-state index contributed by atoms with van der Waals surface area (Å²) in [5, 5.41) is 2.40. The highest BCUT2D eigenvalue weighted by Gasteiger charge is 2.32. The van der Waals surface area contributed by atoms with Crippen molar-refractivity contribution in [2.24, 2.45) is 0 Å². The van der Waals surface area contributed by atoms with E-state index in [-0.39, 0.29) is 41.2 Å². The van der Waals surface area contributed by atoms with Crippen molar-refractivity contribution in [3.63, 3.8) is 0 Å². The molecule has 2 fully saturated rings. The molecular formula is C30H35F4N7O3. The van der Waals surface area contributed by atoms with Crippen LogP contribution in [0.15, 0.2) is 35.5 Å². The van der Waals surface area contributed by atoms with E-state index in [9.17, 15) is 18.4 Å². The molecule has 0 radical (unpaired) electrons. The van der Waals surface area contributed by atoms with E-state index in [1.807, 2.05) is 39.6 Å². The SMILES string of the molecule is CC1CN(c2ncc(-c3c(F)cc(N4C[C@@H](C)N(C)[C@@H](C)C4)c(NC(=O)c4c[nH]c(=O)cc4C(F)F)c3F)cn2)C[C@@H](C)O1. The summed E-state index contributed by atoms with van der Waals surface area (Å²) in [5.74, 6) is -2.73. The number of nitrogens with zero attached hydrogens (tertiary/aromatic N) is 5. The average molecular weight is 618 g/mol. The van der Waals surface area contributed by atoms with Crippen LogP contribution in [0.4, 0.5) is 34.9 Å². The predicted molar refractivity (Wildman–Crippen MR) is 158 cm³/mol. The molecule has 2 aliphatic rings. The van der Waals surface area contributed by atoms with Crippen LogP contribution in [0.5, 0.6) is 0 Å². The zero-order chi connectivity index (χ0) is 31.9. The number of piperazine rings is 1. The van der Waals surface area contributed by atoms with E-state index < -0.39 is 46.2 Å². The maximum Gasteiger partial charge on any atom is 0.264 e. The van der Waals surface area contributed by atoms with Crippen molar-refractivity contribution in [3.8, 4) is 11.1 Å². The first kappa shape index (κ1) is 31.4. The second-order valence-electron chi connectivity index (χ2n) is 11.6. The molecule has 3 aromatic rings. The van der Waals surface area contributed by atoms with E-state index >= 15 is 8.78 Å². The fourth-order valence-electron chi connectivity index (χ4n) is 5.84. The summed E-state index contributed by atoms with van der Waals surface area (Å²) in [5.41, 5.74) is -2.96. The minimum Gasteiger partial charge on any atom is -0.372 e. The molecule has 0 spiro atoms. The van der Waals surface area contributed by atoms with Crippen LogP contribution in [0.2, 0.25) is 0 Å². The van der Waals surface area contributed by atoms with E-state index in [0.717, 1.165) is 12.3 Å². The second-order valence-corrected chi connectivity index (χ2v) is 11.6. The van der Waals surface area contributed by atoms with Crippen LogP contribution >= 0.6 is 0 Å². The molecule has 4 atom stereocenters. The van der Waals surface area contributed by atoms with Gasteiger partial charge in [-0.25, -0.2) is 27.5 Å². The number of likely N-dealkylation sites (N-methyl/N-ethyl adjacent to an activating group) is 1. The smallest absolute Gasteiger partial charge is 0.264 e. The molecule has 2 saturated heterocycles. The van der Waals surface area contributed by atoms with E-state index in [4.69, 9.17) is 4.74 Å². The van der Waals surface area contributed by atoms with Gasteiger partial charge in [0.15, 0.2) is 5.82 Å². The van der Waals surface area contributed by atoms with E-state index in [1.165, 1.54) is 12.4 Å². The number of hydrogen-bond acceptors (Lipinski definition) is 8. The van der Waals surface area contributed by atoms with Gasteiger partial charge >= 0.3 is 0 Å². The lowest BCUT2D eigenvalue weighted by atomic mass is 10.0. The first-order valence-electron chi connectivity index (χ1n) is 14.4. The van der Waals surface area contributed by atoms with E-state index in [1.54, 1.807) is 4.90 Å². The van der Waals surface area contributed by atoms with Crippen molar-refractivity contribution in [2.45, 2.75) is 58.4 Å². The van der Waals surface area contributed by atoms with Crippen LogP contribution in [0.3, 0.4) is 0 Å². The molecule has 1 unspecified atom stereocenters. The number of hydrogen-bond donors (Lipinski definition) is 2. The molecule has 14 heteroatoms. The number of alkyl halides is 2. The van der Waals surface area contributed by atoms with Gasteiger partial charge in [0.1, 0.15) is 11.5 Å². The number of halogens is 4. The summed E-state index contributed by atoms with van der Waals surface area (Å²) >= 11 is 0. The quantitative estimate of drug-likeness (QED) is 0.391. The zero-order valence-electron chi connectivity index (χ0n) is 25.1. The normalized spacial score (nSPS) is 22.9. The lowest BCUT2D eigenvalue weighted by molar-refractivity contribution is -0.00572. The number of H-pyrrole nitrogens is 1. The van der Waals surface area contributed by atoms with Gasteiger partial charge in [0.05, 0.1) is 29.0 Å². The number of carbonyl (C=O) groups excluding carboxylic acids is 1. The number of carbonyl (C=O) groups is 1. The lowest BCUT2D eigenvalue weighted by Gasteiger charge is -2.44. The molecule has 0 bridgehead atoms. The second kappa shape index (κ2) is 12.5. The van der Waals surface area contributed by atoms with Crippen molar-refractivity contribution in [3.05, 3.63) is 63.8 Å². The Hall–Kier alpha value is -4.04. The number of benzene rings is 1. The monoisotopic (exact) mass is 617 g/mol. The molecule has 4 heterocycles. The van der Waals surface area contributed by atoms with Gasteiger partial charge in [-0.1, -0.05) is 0 Å². The molecule has 44 heavy (non-hydrogen) atoms. The highest BCUT2D eigenvalue weighted by atomic mass is 19.3. The summed E-state index contributed by atoms with van der Waals surface area (Å²) in [4.78, 5) is 41.7. The number of ether oxygens (including phenoxy) is 1. The largest absolute Gasteiger partial charge is 0.372 e. The van der Waals surface area contributed by atoms with Crippen LogP contribution in [0.1, 0.15) is 50.0 Å². The van der Waals surface area contributed by atoms with Gasteiger partial charge in [0.25, 0.3) is 12.3 Å². The van der Waals surface area contributed by atoms with Crippen LogP contribution in [0, 0.1) is 11.6 Å². The Morgan fingerprint density at radius 3 is 2.20 bits per heavy atom. The van der Waals surface area contributed by atoms with Crippen LogP contribution in [-0.2, 0) is 4.74 Å². The number of rotatable bonds is 6. The third kappa shape index (κ3) is 6.27. The number of aromatic nitrogens is 3. The molecule has 1 amide bonds. The van der Waals surface area contributed by atoms with Crippen LogP contribution in [0.25, 0.3) is 11.1 Å². The third-order valence-electron chi connectivity index (χ3n) is 8.20. The maximum absolute atomic E-state index is 16.5. The molecule has 1 aromatic carbocycles. The highest BCUT2D eigenvalue weighted by Crippen LogP contribution is 2.39. The molecule has 5 rings (SSSR count). The van der Waals surface area contributed by atoms with Gasteiger partial charge in [0.2, 0.25) is 11.5 Å². The minimum atomic E-state index is -3.14. The van der Waals surface area contributed by atoms with E-state index in [0.29, 0.717) is 38.2 Å². The number of pyridine rings is 1. The molecule has 2 aromatic heterocycles. The Kier molecular flexibility index (Phi) is 8.93. The fourth-order valence-corrected chi connectivity index (χ4v) is 5.84. The summed E-state index contributed by atoms with van der Waals surface area (Å²) in [6, 6.07) is 1.75. The van der Waals surface area contributed by atoms with Crippen molar-refractivity contribution in [1.29, 1.82) is 0 Å². The highest BCUT2D eigenvalue weighted by molar-refractivity contribution is 6.07. The lowest BCUT2D eigenvalue weighted by Crippen LogP contribution is -2.55. The number of anilines is 3. The maximum atomic E-state index is 16.5. The first-order chi connectivity index (χ1) is 20.8. The summed E-state index contributed by atoms with van der Waals surface area (Å²) in [6.07, 6.45) is 0.208. The third-order valence-corrected chi connectivity index (χ3v) is 8.20. The van der Waals surface area contributed by atoms with Crippen molar-refractivity contribution < 1.29 is 27.1 Å². The van der Waals surface area contributed by atoms with Crippen LogP contribution in [-0.4, -0.2) is 83.3 Å². The van der Waals surface area contributed by atoms with Gasteiger partial charge < -0.3 is 24.8 Å². The van der Waals surface area contributed by atoms with Gasteiger partial charge in [-0.15, -0.1) is 0 Å². The number of morpholine rings is 1. The standard InChI is InChI=1S/C30H35F4N7O3/c1-15-11-40(12-16(2)39(15)5)23-7-22(31)25(19-8-36-30(37-9-19)41-13-17(3)44-18(4)14-41)26(32)27(23)38-29(43)21-10-35-24(42)6-20(21)28(33)34/h6-10,15-18,28H,11-14H2,1-5H3,(H,35,42)(H,38,43)/t15-,16+,17-,18?/m1/s1.